The number of hydrogen-bond acceptors (Lipinski definition) is 2. The molecular formula is C19H21ClN2O. The Balaban J connectivity index is 2.17. The third-order valence-corrected chi connectivity index (χ3v) is 4.79. The Morgan fingerprint density at radius 2 is 1.78 bits per heavy atom. The van der Waals surface area contributed by atoms with E-state index in [1.807, 2.05) is 36.4 Å². The molecule has 0 radical (unpaired) electrons. The van der Waals surface area contributed by atoms with Gasteiger partial charge in [0.05, 0.1) is 0 Å². The zero-order valence-electron chi connectivity index (χ0n) is 13.4. The van der Waals surface area contributed by atoms with Crippen molar-refractivity contribution in [2.75, 3.05) is 18.4 Å². The molecule has 1 heterocycles. The Morgan fingerprint density at radius 3 is 2.43 bits per heavy atom. The van der Waals surface area contributed by atoms with Crippen LogP contribution in [0.15, 0.2) is 48.5 Å². The van der Waals surface area contributed by atoms with Crippen LogP contribution in [0.2, 0.25) is 5.02 Å². The maximum atomic E-state index is 12.8. The number of likely N-dealkylation sites (N-methyl/N-ethyl adjacent to an activating group) is 1. The molecule has 1 amide bonds. The second-order valence-corrected chi connectivity index (χ2v) is 6.21. The van der Waals surface area contributed by atoms with Gasteiger partial charge in [0, 0.05) is 16.6 Å². The third kappa shape index (κ3) is 2.99. The van der Waals surface area contributed by atoms with Crippen LogP contribution in [0.3, 0.4) is 0 Å². The summed E-state index contributed by atoms with van der Waals surface area (Å²) in [5.41, 5.74) is 3.08. The summed E-state index contributed by atoms with van der Waals surface area (Å²) < 4.78 is 0. The molecule has 120 valence electrons. The number of carbonyl (C=O) groups excluding carboxylic acids is 1. The molecule has 0 saturated carbocycles. The predicted octanol–water partition coefficient (Wildman–Crippen LogP) is 4.13. The first-order valence-corrected chi connectivity index (χ1v) is 8.42. The maximum Gasteiger partial charge on any atom is 0.242 e. The molecule has 0 saturated heterocycles. The largest absolute Gasteiger partial charge is 0.324 e. The van der Waals surface area contributed by atoms with Gasteiger partial charge in [0.15, 0.2) is 0 Å². The number of anilines is 1. The van der Waals surface area contributed by atoms with Gasteiger partial charge in [-0.05, 0) is 42.4 Å². The zero-order valence-corrected chi connectivity index (χ0v) is 14.2. The third-order valence-electron chi connectivity index (χ3n) is 4.56. The molecule has 3 rings (SSSR count). The lowest BCUT2D eigenvalue weighted by Gasteiger charge is -2.39. The van der Waals surface area contributed by atoms with Gasteiger partial charge in [0.1, 0.15) is 6.04 Å². The van der Waals surface area contributed by atoms with Gasteiger partial charge in [-0.15, -0.1) is 0 Å². The molecule has 0 aliphatic carbocycles. The molecule has 0 fully saturated rings. The molecule has 1 N–H and O–H groups in total. The Kier molecular flexibility index (Phi) is 4.69. The Hall–Kier alpha value is -1.84. The minimum absolute atomic E-state index is 0.0152. The summed E-state index contributed by atoms with van der Waals surface area (Å²) in [6.07, 6.45) is 0. The van der Waals surface area contributed by atoms with Crippen molar-refractivity contribution in [2.24, 2.45) is 0 Å². The van der Waals surface area contributed by atoms with Gasteiger partial charge in [-0.25, -0.2) is 0 Å². The predicted molar refractivity (Wildman–Crippen MR) is 95.1 cm³/mol. The molecule has 2 atom stereocenters. The van der Waals surface area contributed by atoms with Crippen LogP contribution in [-0.2, 0) is 4.79 Å². The lowest BCUT2D eigenvalue weighted by molar-refractivity contribution is -0.122. The molecule has 1 aliphatic heterocycles. The fraction of sp³-hybridized carbons (Fsp3) is 0.316. The summed E-state index contributed by atoms with van der Waals surface area (Å²) in [5, 5.41) is 3.74. The molecule has 23 heavy (non-hydrogen) atoms. The summed E-state index contributed by atoms with van der Waals surface area (Å²) in [6.45, 7) is 5.83. The van der Waals surface area contributed by atoms with Gasteiger partial charge in [0.25, 0.3) is 0 Å². The van der Waals surface area contributed by atoms with E-state index in [1.54, 1.807) is 0 Å². The normalized spacial score (nSPS) is 20.3. The van der Waals surface area contributed by atoms with Gasteiger partial charge >= 0.3 is 0 Å². The van der Waals surface area contributed by atoms with Crippen molar-refractivity contribution in [3.05, 3.63) is 64.7 Å². The van der Waals surface area contributed by atoms with E-state index >= 15 is 0 Å². The van der Waals surface area contributed by atoms with Gasteiger partial charge < -0.3 is 5.32 Å². The van der Waals surface area contributed by atoms with E-state index in [-0.39, 0.29) is 17.9 Å². The van der Waals surface area contributed by atoms with Crippen LogP contribution in [0, 0.1) is 0 Å². The van der Waals surface area contributed by atoms with Crippen molar-refractivity contribution in [2.45, 2.75) is 25.8 Å². The highest BCUT2D eigenvalue weighted by atomic mass is 35.5. The number of halogens is 1. The molecule has 0 bridgehead atoms. The van der Waals surface area contributed by atoms with E-state index in [4.69, 9.17) is 11.6 Å². The van der Waals surface area contributed by atoms with Crippen LogP contribution in [0.1, 0.15) is 30.9 Å². The summed E-state index contributed by atoms with van der Waals surface area (Å²) in [5.74, 6) is 0.0379. The van der Waals surface area contributed by atoms with Crippen molar-refractivity contribution in [3.8, 4) is 0 Å². The molecule has 0 spiro atoms. The summed E-state index contributed by atoms with van der Waals surface area (Å²) in [6, 6.07) is 15.7. The summed E-state index contributed by atoms with van der Waals surface area (Å²) in [4.78, 5) is 15.0. The first-order valence-electron chi connectivity index (χ1n) is 8.05. The number of amides is 1. The number of hydrogen-bond donors (Lipinski definition) is 1. The highest BCUT2D eigenvalue weighted by Crippen LogP contribution is 2.40. The molecule has 0 unspecified atom stereocenters. The molecule has 2 aromatic rings. The first kappa shape index (κ1) is 16.0. The second-order valence-electron chi connectivity index (χ2n) is 5.78. The molecular weight excluding hydrogens is 308 g/mol. The Morgan fingerprint density at radius 1 is 1.09 bits per heavy atom. The van der Waals surface area contributed by atoms with E-state index in [9.17, 15) is 4.79 Å². The van der Waals surface area contributed by atoms with Crippen LogP contribution >= 0.6 is 11.6 Å². The maximum absolute atomic E-state index is 12.8. The van der Waals surface area contributed by atoms with Crippen molar-refractivity contribution >= 4 is 23.2 Å². The van der Waals surface area contributed by atoms with Gasteiger partial charge in [-0.1, -0.05) is 55.8 Å². The molecule has 1 aliphatic rings. The van der Waals surface area contributed by atoms with E-state index in [2.05, 4.69) is 36.2 Å². The van der Waals surface area contributed by atoms with Crippen LogP contribution in [-0.4, -0.2) is 29.9 Å². The van der Waals surface area contributed by atoms with Crippen LogP contribution in [0.4, 0.5) is 5.69 Å². The quantitative estimate of drug-likeness (QED) is 0.915. The van der Waals surface area contributed by atoms with Gasteiger partial charge in [-0.3, -0.25) is 9.69 Å². The lowest BCUT2D eigenvalue weighted by Crippen LogP contribution is -2.50. The molecule has 0 aromatic heterocycles. The molecule has 3 nitrogen and oxygen atoms in total. The Labute approximate surface area is 142 Å². The number of benzene rings is 2. The standard InChI is InChI=1S/C19H21ClN2O/c1-3-22(4-2)18-17(13-8-6-5-7-9-13)15-12-14(20)10-11-16(15)21-19(18)23/h5-12,17-18H,3-4H2,1-2H3,(H,21,23)/t17-,18-/m0/s1. The van der Waals surface area contributed by atoms with Crippen LogP contribution < -0.4 is 5.32 Å². The number of rotatable bonds is 4. The van der Waals surface area contributed by atoms with Crippen molar-refractivity contribution in [3.63, 3.8) is 0 Å². The van der Waals surface area contributed by atoms with Gasteiger partial charge in [-0.2, -0.15) is 0 Å². The average molecular weight is 329 g/mol. The van der Waals surface area contributed by atoms with Crippen LogP contribution in [0.25, 0.3) is 0 Å². The minimum atomic E-state index is -0.224. The molecule has 4 heteroatoms. The smallest absolute Gasteiger partial charge is 0.242 e. The second kappa shape index (κ2) is 6.73. The summed E-state index contributed by atoms with van der Waals surface area (Å²) >= 11 is 6.23. The van der Waals surface area contributed by atoms with Gasteiger partial charge in [0.2, 0.25) is 5.91 Å². The fourth-order valence-corrected chi connectivity index (χ4v) is 3.63. The Bertz CT molecular complexity index is 698. The SMILES string of the molecule is CCN(CC)[C@@H]1C(=O)Nc2ccc(Cl)cc2[C@@H]1c1ccccc1. The first-order chi connectivity index (χ1) is 11.2. The highest BCUT2D eigenvalue weighted by molar-refractivity contribution is 6.30. The number of nitrogens with zero attached hydrogens (tertiary/aromatic N) is 1. The monoisotopic (exact) mass is 328 g/mol. The minimum Gasteiger partial charge on any atom is -0.324 e. The topological polar surface area (TPSA) is 32.3 Å². The average Bonchev–Trinajstić information content (AvgIpc) is 2.57. The van der Waals surface area contributed by atoms with E-state index in [0.717, 1.165) is 29.9 Å². The van der Waals surface area contributed by atoms with Crippen LogP contribution in [0.5, 0.6) is 0 Å². The van der Waals surface area contributed by atoms with E-state index in [1.165, 1.54) is 0 Å². The number of nitrogens with one attached hydrogen (secondary N) is 1. The number of carbonyl (C=O) groups is 1. The zero-order chi connectivity index (χ0) is 16.4. The van der Waals surface area contributed by atoms with Crippen molar-refractivity contribution < 1.29 is 4.79 Å². The van der Waals surface area contributed by atoms with Crippen molar-refractivity contribution in [1.82, 2.24) is 4.90 Å². The van der Waals surface area contributed by atoms with Crippen molar-refractivity contribution in [1.29, 1.82) is 0 Å². The lowest BCUT2D eigenvalue weighted by atomic mass is 9.80. The summed E-state index contributed by atoms with van der Waals surface area (Å²) in [7, 11) is 0. The number of fused-ring (bicyclic) bond motifs is 1. The molecule has 2 aromatic carbocycles. The highest BCUT2D eigenvalue weighted by Gasteiger charge is 2.39. The van der Waals surface area contributed by atoms with E-state index < -0.39 is 0 Å². The fourth-order valence-electron chi connectivity index (χ4n) is 3.45. The van der Waals surface area contributed by atoms with E-state index in [0.29, 0.717) is 5.02 Å².